The Balaban J connectivity index is 1.77. The van der Waals surface area contributed by atoms with Crippen molar-refractivity contribution >= 4 is 33.0 Å². The Labute approximate surface area is 162 Å². The molecule has 0 unspecified atom stereocenters. The predicted octanol–water partition coefficient (Wildman–Crippen LogP) is 3.37. The first-order valence-electron chi connectivity index (χ1n) is 9.73. The van der Waals surface area contributed by atoms with Gasteiger partial charge < -0.3 is 4.90 Å². The summed E-state index contributed by atoms with van der Waals surface area (Å²) >= 11 is 1.68. The number of thiophene rings is 1. The quantitative estimate of drug-likeness (QED) is 0.693. The molecule has 3 aromatic rings. The highest BCUT2D eigenvalue weighted by molar-refractivity contribution is 7.19. The number of carbonyl (C=O) groups is 1. The molecule has 1 fully saturated rings. The van der Waals surface area contributed by atoms with E-state index in [-0.39, 0.29) is 30.1 Å². The predicted molar refractivity (Wildman–Crippen MR) is 109 cm³/mol. The van der Waals surface area contributed by atoms with Crippen molar-refractivity contribution in [3.63, 3.8) is 0 Å². The first-order valence-corrected chi connectivity index (χ1v) is 10.5. The summed E-state index contributed by atoms with van der Waals surface area (Å²) in [6.07, 6.45) is 3.88. The molecule has 7 heteroatoms. The van der Waals surface area contributed by atoms with Crippen molar-refractivity contribution in [1.82, 2.24) is 19.1 Å². The summed E-state index contributed by atoms with van der Waals surface area (Å²) < 4.78 is 4.40. The van der Waals surface area contributed by atoms with Crippen molar-refractivity contribution in [2.75, 3.05) is 0 Å². The van der Waals surface area contributed by atoms with Crippen molar-refractivity contribution in [2.45, 2.75) is 72.0 Å². The van der Waals surface area contributed by atoms with Crippen LogP contribution in [0.5, 0.6) is 0 Å². The molecule has 0 bridgehead atoms. The molecule has 1 saturated heterocycles. The van der Waals surface area contributed by atoms with Gasteiger partial charge in [-0.15, -0.1) is 11.3 Å². The number of carbonyl (C=O) groups excluding carboxylic acids is 1. The van der Waals surface area contributed by atoms with Crippen LogP contribution in [0.4, 0.5) is 0 Å². The van der Waals surface area contributed by atoms with Crippen LogP contribution in [-0.4, -0.2) is 37.1 Å². The molecule has 0 spiro atoms. The molecule has 1 aliphatic heterocycles. The fourth-order valence-corrected chi connectivity index (χ4v) is 5.31. The molecule has 1 amide bonds. The number of likely N-dealkylation sites (tertiary alicyclic amines) is 1. The molecule has 0 N–H and O–H groups in total. The maximum atomic E-state index is 13.0. The van der Waals surface area contributed by atoms with Crippen LogP contribution in [0.3, 0.4) is 0 Å². The Bertz CT molecular complexity index is 1070. The standard InChI is InChI=1S/C20H26N4O2S/c1-5-18-21-22(11-19(25)23-12(2)7-6-8-13(23)3)20(26)16-10-17-15(24(16)18)9-14(4)27-17/h9-10,12-13H,5-8,11H2,1-4H3/t12-,13+. The van der Waals surface area contributed by atoms with Gasteiger partial charge in [0.1, 0.15) is 17.9 Å². The number of aryl methyl sites for hydroxylation is 2. The van der Waals surface area contributed by atoms with Gasteiger partial charge in [0.2, 0.25) is 5.91 Å². The summed E-state index contributed by atoms with van der Waals surface area (Å²) in [7, 11) is 0. The Kier molecular flexibility index (Phi) is 4.58. The topological polar surface area (TPSA) is 59.6 Å². The maximum Gasteiger partial charge on any atom is 0.291 e. The van der Waals surface area contributed by atoms with Crippen LogP contribution >= 0.6 is 11.3 Å². The van der Waals surface area contributed by atoms with Crippen molar-refractivity contribution < 1.29 is 4.79 Å². The van der Waals surface area contributed by atoms with Crippen molar-refractivity contribution in [3.05, 3.63) is 33.2 Å². The van der Waals surface area contributed by atoms with Crippen LogP contribution in [0.15, 0.2) is 16.9 Å². The van der Waals surface area contributed by atoms with Crippen LogP contribution in [0, 0.1) is 6.92 Å². The molecule has 3 aromatic heterocycles. The zero-order valence-corrected chi connectivity index (χ0v) is 17.2. The largest absolute Gasteiger partial charge is 0.336 e. The highest BCUT2D eigenvalue weighted by Gasteiger charge is 2.29. The first-order chi connectivity index (χ1) is 12.9. The molecule has 4 rings (SSSR count). The molecule has 0 aromatic carbocycles. The second-order valence-corrected chi connectivity index (χ2v) is 8.92. The Morgan fingerprint density at radius 3 is 2.59 bits per heavy atom. The summed E-state index contributed by atoms with van der Waals surface area (Å²) in [6, 6.07) is 4.46. The van der Waals surface area contributed by atoms with E-state index < -0.39 is 0 Å². The van der Waals surface area contributed by atoms with Gasteiger partial charge in [0.05, 0.1) is 10.2 Å². The van der Waals surface area contributed by atoms with Crippen molar-refractivity contribution in [2.24, 2.45) is 0 Å². The number of hydrogen-bond acceptors (Lipinski definition) is 4. The molecule has 2 atom stereocenters. The number of amides is 1. The van der Waals surface area contributed by atoms with Crippen LogP contribution in [0.2, 0.25) is 0 Å². The normalized spacial score (nSPS) is 20.7. The van der Waals surface area contributed by atoms with Crippen LogP contribution in [0.1, 0.15) is 50.7 Å². The summed E-state index contributed by atoms with van der Waals surface area (Å²) in [5.74, 6) is 0.796. The van der Waals surface area contributed by atoms with E-state index in [1.54, 1.807) is 11.3 Å². The van der Waals surface area contributed by atoms with E-state index in [1.165, 1.54) is 9.56 Å². The van der Waals surface area contributed by atoms with Gasteiger partial charge in [0, 0.05) is 23.4 Å². The van der Waals surface area contributed by atoms with E-state index in [0.717, 1.165) is 35.3 Å². The molecule has 1 aliphatic rings. The minimum atomic E-state index is -0.195. The highest BCUT2D eigenvalue weighted by Crippen LogP contribution is 2.28. The SMILES string of the molecule is CCc1nn(CC(=O)N2[C@H](C)CCC[C@@H]2C)c(=O)c2cc3sc(C)cc3n12. The van der Waals surface area contributed by atoms with E-state index >= 15 is 0 Å². The average Bonchev–Trinajstić information content (AvgIpc) is 3.13. The zero-order chi connectivity index (χ0) is 19.3. The molecule has 0 saturated carbocycles. The van der Waals surface area contributed by atoms with Crippen LogP contribution in [0.25, 0.3) is 15.7 Å². The van der Waals surface area contributed by atoms with E-state index in [4.69, 9.17) is 0 Å². The van der Waals surface area contributed by atoms with Gasteiger partial charge in [-0.3, -0.25) is 14.0 Å². The van der Waals surface area contributed by atoms with Gasteiger partial charge in [-0.25, -0.2) is 4.68 Å². The molecule has 0 radical (unpaired) electrons. The third-order valence-corrected chi connectivity index (χ3v) is 6.63. The monoisotopic (exact) mass is 386 g/mol. The second kappa shape index (κ2) is 6.78. The number of fused-ring (bicyclic) bond motifs is 3. The molecule has 27 heavy (non-hydrogen) atoms. The Hall–Kier alpha value is -2.15. The van der Waals surface area contributed by atoms with Crippen LogP contribution < -0.4 is 5.56 Å². The van der Waals surface area contributed by atoms with E-state index in [0.29, 0.717) is 11.9 Å². The number of aromatic nitrogens is 3. The lowest BCUT2D eigenvalue weighted by molar-refractivity contribution is -0.138. The fraction of sp³-hybridized carbons (Fsp3) is 0.550. The minimum absolute atomic E-state index is 0.00880. The van der Waals surface area contributed by atoms with E-state index in [9.17, 15) is 9.59 Å². The average molecular weight is 387 g/mol. The number of rotatable bonds is 3. The highest BCUT2D eigenvalue weighted by atomic mass is 32.1. The van der Waals surface area contributed by atoms with Gasteiger partial charge in [-0.05, 0) is 52.2 Å². The van der Waals surface area contributed by atoms with Gasteiger partial charge in [-0.1, -0.05) is 6.92 Å². The van der Waals surface area contributed by atoms with E-state index in [2.05, 4.69) is 31.9 Å². The summed E-state index contributed by atoms with van der Waals surface area (Å²) in [5, 5.41) is 4.56. The Morgan fingerprint density at radius 1 is 1.22 bits per heavy atom. The Morgan fingerprint density at radius 2 is 1.93 bits per heavy atom. The molecule has 144 valence electrons. The molecule has 6 nitrogen and oxygen atoms in total. The van der Waals surface area contributed by atoms with Gasteiger partial charge in [0.15, 0.2) is 0 Å². The second-order valence-electron chi connectivity index (χ2n) is 7.63. The molecular weight excluding hydrogens is 360 g/mol. The first kappa shape index (κ1) is 18.2. The smallest absolute Gasteiger partial charge is 0.291 e. The number of hydrogen-bond donors (Lipinski definition) is 0. The van der Waals surface area contributed by atoms with Crippen molar-refractivity contribution in [1.29, 1.82) is 0 Å². The minimum Gasteiger partial charge on any atom is -0.336 e. The van der Waals surface area contributed by atoms with Crippen molar-refractivity contribution in [3.8, 4) is 0 Å². The van der Waals surface area contributed by atoms with Crippen LogP contribution in [-0.2, 0) is 17.8 Å². The third kappa shape index (κ3) is 2.98. The van der Waals surface area contributed by atoms with Gasteiger partial charge in [0.25, 0.3) is 5.56 Å². The molecule has 0 aliphatic carbocycles. The van der Waals surface area contributed by atoms with Gasteiger partial charge >= 0.3 is 0 Å². The number of nitrogens with zero attached hydrogens (tertiary/aromatic N) is 4. The molecular formula is C20H26N4O2S. The summed E-state index contributed by atoms with van der Waals surface area (Å²) in [4.78, 5) is 29.2. The van der Waals surface area contributed by atoms with E-state index in [1.807, 2.05) is 22.3 Å². The van der Waals surface area contributed by atoms with Gasteiger partial charge in [-0.2, -0.15) is 5.10 Å². The molecule has 4 heterocycles. The lowest BCUT2D eigenvalue weighted by Gasteiger charge is -2.39. The summed E-state index contributed by atoms with van der Waals surface area (Å²) in [5.41, 5.74) is 1.44. The maximum absolute atomic E-state index is 13.0. The lowest BCUT2D eigenvalue weighted by atomic mass is 9.97. The number of piperidine rings is 1. The summed E-state index contributed by atoms with van der Waals surface area (Å²) in [6.45, 7) is 8.28. The zero-order valence-electron chi connectivity index (χ0n) is 16.4. The fourth-order valence-electron chi connectivity index (χ4n) is 4.37. The lowest BCUT2D eigenvalue weighted by Crippen LogP contribution is -2.49. The third-order valence-electron chi connectivity index (χ3n) is 5.64.